The Morgan fingerprint density at radius 2 is 2.40 bits per heavy atom. The molecule has 0 bridgehead atoms. The third kappa shape index (κ3) is 1.04. The van der Waals surface area contributed by atoms with Crippen molar-refractivity contribution in [3.8, 4) is 0 Å². The largest absolute Gasteiger partial charge is 0.269 e. The quantitative estimate of drug-likeness (QED) is 0.516. The summed E-state index contributed by atoms with van der Waals surface area (Å²) in [5.74, 6) is 0.588. The van der Waals surface area contributed by atoms with E-state index in [4.69, 9.17) is 0 Å². The molecule has 0 fully saturated rings. The van der Waals surface area contributed by atoms with Crippen LogP contribution in [-0.2, 0) is 0 Å². The van der Waals surface area contributed by atoms with Gasteiger partial charge in [0.1, 0.15) is 0 Å². The van der Waals surface area contributed by atoms with E-state index in [2.05, 4.69) is 25.2 Å². The van der Waals surface area contributed by atoms with Crippen LogP contribution in [0.25, 0.3) is 0 Å². The van der Waals surface area contributed by atoms with Crippen molar-refractivity contribution in [2.75, 3.05) is 0 Å². The Kier molecular flexibility index (Phi) is 2.05. The minimum absolute atomic E-state index is 0.588. The number of hydrogen-bond donors (Lipinski definition) is 0. The van der Waals surface area contributed by atoms with E-state index in [0.29, 0.717) is 5.92 Å². The van der Waals surface area contributed by atoms with E-state index < -0.39 is 0 Å². The Labute approximate surface area is 62.2 Å². The standard InChI is InChI=1S/C9H13N/c1-4-8-6-5-7(2)9(8)10-3/h4,7H,1,3,5-6H2,2H3. The molecule has 1 rings (SSSR count). The van der Waals surface area contributed by atoms with Gasteiger partial charge in [0.05, 0.1) is 0 Å². The molecule has 1 aliphatic rings. The van der Waals surface area contributed by atoms with Gasteiger partial charge < -0.3 is 0 Å². The summed E-state index contributed by atoms with van der Waals surface area (Å²) in [6.45, 7) is 9.45. The zero-order chi connectivity index (χ0) is 7.56. The summed E-state index contributed by atoms with van der Waals surface area (Å²) < 4.78 is 0. The molecular weight excluding hydrogens is 122 g/mol. The number of rotatable bonds is 2. The summed E-state index contributed by atoms with van der Waals surface area (Å²) in [4.78, 5) is 3.98. The van der Waals surface area contributed by atoms with E-state index >= 15 is 0 Å². The summed E-state index contributed by atoms with van der Waals surface area (Å²) in [6.07, 6.45) is 4.22. The van der Waals surface area contributed by atoms with Crippen LogP contribution >= 0.6 is 0 Å². The van der Waals surface area contributed by atoms with Crippen LogP contribution in [0.1, 0.15) is 19.8 Å². The molecular formula is C9H13N. The van der Waals surface area contributed by atoms with Crippen molar-refractivity contribution in [1.29, 1.82) is 0 Å². The Balaban J connectivity index is 2.91. The molecule has 0 amide bonds. The first kappa shape index (κ1) is 7.26. The molecule has 1 heteroatoms. The van der Waals surface area contributed by atoms with Crippen LogP contribution in [0.3, 0.4) is 0 Å². The minimum atomic E-state index is 0.588. The number of aliphatic imine (C=N–C) groups is 1. The molecule has 0 saturated carbocycles. The zero-order valence-corrected chi connectivity index (χ0v) is 6.43. The van der Waals surface area contributed by atoms with Crippen molar-refractivity contribution in [3.63, 3.8) is 0 Å². The normalized spacial score (nSPS) is 25.1. The van der Waals surface area contributed by atoms with Crippen LogP contribution < -0.4 is 0 Å². The van der Waals surface area contributed by atoms with Gasteiger partial charge in [-0.25, -0.2) is 0 Å². The minimum Gasteiger partial charge on any atom is -0.269 e. The summed E-state index contributed by atoms with van der Waals surface area (Å²) in [6, 6.07) is 0. The molecule has 0 aromatic heterocycles. The van der Waals surface area contributed by atoms with E-state index in [1.807, 2.05) is 6.08 Å². The monoisotopic (exact) mass is 135 g/mol. The lowest BCUT2D eigenvalue weighted by molar-refractivity contribution is 0.665. The highest BCUT2D eigenvalue weighted by atomic mass is 14.7. The molecule has 0 N–H and O–H groups in total. The molecule has 54 valence electrons. The van der Waals surface area contributed by atoms with Crippen molar-refractivity contribution < 1.29 is 0 Å². The highest BCUT2D eigenvalue weighted by Crippen LogP contribution is 2.32. The first-order valence-electron chi connectivity index (χ1n) is 3.61. The van der Waals surface area contributed by atoms with Crippen LogP contribution in [0.15, 0.2) is 28.9 Å². The highest BCUT2D eigenvalue weighted by Gasteiger charge is 2.18. The lowest BCUT2D eigenvalue weighted by Gasteiger charge is -2.00. The Morgan fingerprint density at radius 1 is 1.70 bits per heavy atom. The Bertz CT molecular complexity index is 189. The van der Waals surface area contributed by atoms with E-state index in [-0.39, 0.29) is 0 Å². The fourth-order valence-corrected chi connectivity index (χ4v) is 1.42. The molecule has 0 aromatic rings. The third-order valence-corrected chi connectivity index (χ3v) is 2.06. The molecule has 0 aromatic carbocycles. The molecule has 1 atom stereocenters. The predicted octanol–water partition coefficient (Wildman–Crippen LogP) is 2.56. The molecule has 0 heterocycles. The molecule has 1 aliphatic carbocycles. The van der Waals surface area contributed by atoms with Gasteiger partial charge in [-0.15, -0.1) is 0 Å². The van der Waals surface area contributed by atoms with Crippen molar-refractivity contribution in [3.05, 3.63) is 23.9 Å². The first-order valence-corrected chi connectivity index (χ1v) is 3.61. The van der Waals surface area contributed by atoms with Crippen molar-refractivity contribution in [1.82, 2.24) is 0 Å². The van der Waals surface area contributed by atoms with E-state index in [0.717, 1.165) is 12.1 Å². The predicted molar refractivity (Wildman–Crippen MR) is 45.2 cm³/mol. The van der Waals surface area contributed by atoms with Gasteiger partial charge >= 0.3 is 0 Å². The van der Waals surface area contributed by atoms with Crippen LogP contribution in [0.2, 0.25) is 0 Å². The average Bonchev–Trinajstić information content (AvgIpc) is 2.30. The van der Waals surface area contributed by atoms with Crippen molar-refractivity contribution in [2.45, 2.75) is 19.8 Å². The second-order valence-electron chi connectivity index (χ2n) is 2.71. The maximum Gasteiger partial charge on any atom is 0.0456 e. The summed E-state index contributed by atoms with van der Waals surface area (Å²) in [7, 11) is 0. The second kappa shape index (κ2) is 2.82. The fourth-order valence-electron chi connectivity index (χ4n) is 1.42. The van der Waals surface area contributed by atoms with Crippen molar-refractivity contribution >= 4 is 6.72 Å². The third-order valence-electron chi connectivity index (χ3n) is 2.06. The number of nitrogens with zero attached hydrogens (tertiary/aromatic N) is 1. The van der Waals surface area contributed by atoms with E-state index in [1.165, 1.54) is 12.0 Å². The fraction of sp³-hybridized carbons (Fsp3) is 0.444. The number of hydrogen-bond acceptors (Lipinski definition) is 1. The van der Waals surface area contributed by atoms with Crippen LogP contribution in [0.4, 0.5) is 0 Å². The van der Waals surface area contributed by atoms with Crippen LogP contribution in [-0.4, -0.2) is 6.72 Å². The highest BCUT2D eigenvalue weighted by molar-refractivity contribution is 5.37. The lowest BCUT2D eigenvalue weighted by Crippen LogP contribution is -1.88. The molecule has 1 unspecified atom stereocenters. The second-order valence-corrected chi connectivity index (χ2v) is 2.71. The smallest absolute Gasteiger partial charge is 0.0456 e. The Morgan fingerprint density at radius 3 is 2.80 bits per heavy atom. The molecule has 0 spiro atoms. The van der Waals surface area contributed by atoms with Crippen LogP contribution in [0, 0.1) is 5.92 Å². The maximum absolute atomic E-state index is 3.98. The summed E-state index contributed by atoms with van der Waals surface area (Å²) in [5, 5.41) is 0. The summed E-state index contributed by atoms with van der Waals surface area (Å²) in [5.41, 5.74) is 2.43. The Hall–Kier alpha value is -0.850. The van der Waals surface area contributed by atoms with E-state index in [9.17, 15) is 0 Å². The zero-order valence-electron chi connectivity index (χ0n) is 6.43. The lowest BCUT2D eigenvalue weighted by atomic mass is 10.1. The van der Waals surface area contributed by atoms with Gasteiger partial charge in [0, 0.05) is 5.70 Å². The van der Waals surface area contributed by atoms with Gasteiger partial charge in [-0.2, -0.15) is 0 Å². The van der Waals surface area contributed by atoms with Crippen molar-refractivity contribution in [2.24, 2.45) is 10.9 Å². The van der Waals surface area contributed by atoms with Gasteiger partial charge in [-0.3, -0.25) is 4.99 Å². The van der Waals surface area contributed by atoms with Gasteiger partial charge in [-0.1, -0.05) is 19.6 Å². The topological polar surface area (TPSA) is 12.4 Å². The van der Waals surface area contributed by atoms with Gasteiger partial charge in [-0.05, 0) is 31.1 Å². The summed E-state index contributed by atoms with van der Waals surface area (Å²) >= 11 is 0. The molecule has 1 nitrogen and oxygen atoms in total. The van der Waals surface area contributed by atoms with Gasteiger partial charge in [0.2, 0.25) is 0 Å². The van der Waals surface area contributed by atoms with E-state index in [1.54, 1.807) is 0 Å². The molecule has 0 saturated heterocycles. The molecule has 0 radical (unpaired) electrons. The average molecular weight is 135 g/mol. The first-order chi connectivity index (χ1) is 4.79. The molecule has 0 aliphatic heterocycles. The van der Waals surface area contributed by atoms with Crippen LogP contribution in [0.5, 0.6) is 0 Å². The SMILES string of the molecule is C=CC1=C(N=C)C(C)CC1. The van der Waals surface area contributed by atoms with Gasteiger partial charge in [0.15, 0.2) is 0 Å². The number of allylic oxidation sites excluding steroid dienone is 3. The maximum atomic E-state index is 3.98. The molecule has 10 heavy (non-hydrogen) atoms. The van der Waals surface area contributed by atoms with Gasteiger partial charge in [0.25, 0.3) is 0 Å².